The highest BCUT2D eigenvalue weighted by atomic mass is 32.1. The van der Waals surface area contributed by atoms with Crippen molar-refractivity contribution in [2.75, 3.05) is 20.2 Å². The van der Waals surface area contributed by atoms with Gasteiger partial charge in [-0.05, 0) is 37.1 Å². The summed E-state index contributed by atoms with van der Waals surface area (Å²) in [6.45, 7) is 2.67. The minimum absolute atomic E-state index is 0.519. The number of guanidine groups is 1. The van der Waals surface area contributed by atoms with Gasteiger partial charge in [-0.15, -0.1) is 11.3 Å². The van der Waals surface area contributed by atoms with Gasteiger partial charge in [0.05, 0.1) is 12.6 Å². The molecule has 1 fully saturated rings. The Hall–Kier alpha value is -1.07. The Kier molecular flexibility index (Phi) is 9.11. The smallest absolute Gasteiger partial charge is 0.191 e. The van der Waals surface area contributed by atoms with Crippen molar-refractivity contribution in [1.82, 2.24) is 10.6 Å². The van der Waals surface area contributed by atoms with Crippen LogP contribution in [-0.4, -0.2) is 32.3 Å². The zero-order valence-corrected chi connectivity index (χ0v) is 15.2. The molecule has 5 heteroatoms. The molecule has 0 aromatic carbocycles. The van der Waals surface area contributed by atoms with Gasteiger partial charge in [0.15, 0.2) is 5.96 Å². The third kappa shape index (κ3) is 7.84. The van der Waals surface area contributed by atoms with E-state index >= 15 is 0 Å². The zero-order valence-electron chi connectivity index (χ0n) is 14.4. The third-order valence-electron chi connectivity index (χ3n) is 4.25. The van der Waals surface area contributed by atoms with Crippen molar-refractivity contribution < 1.29 is 4.74 Å². The molecular formula is C18H31N3OS. The highest BCUT2D eigenvalue weighted by Gasteiger charge is 2.11. The molecule has 4 nitrogen and oxygen atoms in total. The number of thiophene rings is 1. The molecule has 130 valence electrons. The van der Waals surface area contributed by atoms with Crippen molar-refractivity contribution in [3.63, 3.8) is 0 Å². The molecule has 1 aromatic heterocycles. The fourth-order valence-corrected chi connectivity index (χ4v) is 3.54. The number of hydrogen-bond acceptors (Lipinski definition) is 3. The molecule has 1 saturated carbocycles. The topological polar surface area (TPSA) is 45.7 Å². The Morgan fingerprint density at radius 3 is 2.74 bits per heavy atom. The van der Waals surface area contributed by atoms with Crippen molar-refractivity contribution in [3.05, 3.63) is 22.4 Å². The number of rotatable bonds is 8. The number of ether oxygens (including phenoxy) is 1. The van der Waals surface area contributed by atoms with Crippen LogP contribution in [0.2, 0.25) is 0 Å². The summed E-state index contributed by atoms with van der Waals surface area (Å²) in [5.41, 5.74) is 0. The zero-order chi connectivity index (χ0) is 16.2. The first kappa shape index (κ1) is 18.3. The Labute approximate surface area is 144 Å². The number of aliphatic imine (C=N–C) groups is 1. The lowest BCUT2D eigenvalue weighted by Gasteiger charge is -2.15. The van der Waals surface area contributed by atoms with Crippen LogP contribution in [0.25, 0.3) is 0 Å². The van der Waals surface area contributed by atoms with E-state index in [2.05, 4.69) is 33.1 Å². The summed E-state index contributed by atoms with van der Waals surface area (Å²) in [6, 6.07) is 4.21. The van der Waals surface area contributed by atoms with Crippen LogP contribution in [0.4, 0.5) is 0 Å². The minimum atomic E-state index is 0.519. The van der Waals surface area contributed by atoms with E-state index in [1.165, 1.54) is 43.4 Å². The largest absolute Gasteiger partial charge is 0.378 e. The first-order chi connectivity index (χ1) is 11.4. The van der Waals surface area contributed by atoms with E-state index in [-0.39, 0.29) is 0 Å². The van der Waals surface area contributed by atoms with Gasteiger partial charge in [0.25, 0.3) is 0 Å². The van der Waals surface area contributed by atoms with E-state index in [4.69, 9.17) is 4.74 Å². The highest BCUT2D eigenvalue weighted by molar-refractivity contribution is 7.09. The van der Waals surface area contributed by atoms with Crippen LogP contribution in [0.3, 0.4) is 0 Å². The number of nitrogens with zero attached hydrogens (tertiary/aromatic N) is 1. The minimum Gasteiger partial charge on any atom is -0.378 e. The lowest BCUT2D eigenvalue weighted by molar-refractivity contribution is 0.0411. The van der Waals surface area contributed by atoms with Crippen molar-refractivity contribution in [2.24, 2.45) is 4.99 Å². The summed E-state index contributed by atoms with van der Waals surface area (Å²) in [6.07, 6.45) is 10.7. The molecule has 0 unspecified atom stereocenters. The number of hydrogen-bond donors (Lipinski definition) is 2. The first-order valence-corrected chi connectivity index (χ1v) is 9.85. The SMILES string of the molecule is CN=C(NCCCCOC1CCCCCC1)NCc1cccs1. The second kappa shape index (κ2) is 11.5. The van der Waals surface area contributed by atoms with Crippen molar-refractivity contribution >= 4 is 17.3 Å². The van der Waals surface area contributed by atoms with Crippen LogP contribution in [0.5, 0.6) is 0 Å². The van der Waals surface area contributed by atoms with E-state index in [1.807, 2.05) is 7.05 Å². The fraction of sp³-hybridized carbons (Fsp3) is 0.722. The van der Waals surface area contributed by atoms with Crippen molar-refractivity contribution in [3.8, 4) is 0 Å². The van der Waals surface area contributed by atoms with Gasteiger partial charge >= 0.3 is 0 Å². The lowest BCUT2D eigenvalue weighted by atomic mass is 10.1. The van der Waals surface area contributed by atoms with Crippen LogP contribution >= 0.6 is 11.3 Å². The molecule has 1 aromatic rings. The van der Waals surface area contributed by atoms with Gasteiger partial charge in [-0.3, -0.25) is 4.99 Å². The standard InChI is InChI=1S/C18H31N3OS/c1-19-18(21-15-17-11-8-14-23-17)20-12-6-7-13-22-16-9-4-2-3-5-10-16/h8,11,14,16H,2-7,9-10,12-13,15H2,1H3,(H2,19,20,21). The molecule has 1 aliphatic rings. The molecule has 1 heterocycles. The monoisotopic (exact) mass is 337 g/mol. The Balaban J connectivity index is 1.48. The van der Waals surface area contributed by atoms with Crippen LogP contribution in [0.1, 0.15) is 56.2 Å². The van der Waals surface area contributed by atoms with E-state index in [0.29, 0.717) is 6.10 Å². The van der Waals surface area contributed by atoms with E-state index in [0.717, 1.165) is 38.5 Å². The summed E-state index contributed by atoms with van der Waals surface area (Å²) in [5, 5.41) is 8.81. The molecule has 1 aliphatic carbocycles. The van der Waals surface area contributed by atoms with Gasteiger partial charge in [0.1, 0.15) is 0 Å². The average molecular weight is 338 g/mol. The average Bonchev–Trinajstić information content (AvgIpc) is 2.96. The third-order valence-corrected chi connectivity index (χ3v) is 5.13. The second-order valence-electron chi connectivity index (χ2n) is 6.12. The Bertz CT molecular complexity index is 425. The summed E-state index contributed by atoms with van der Waals surface area (Å²) in [4.78, 5) is 5.58. The molecule has 0 atom stereocenters. The van der Waals surface area contributed by atoms with Gasteiger partial charge < -0.3 is 15.4 Å². The van der Waals surface area contributed by atoms with Gasteiger partial charge in [-0.2, -0.15) is 0 Å². The number of nitrogens with one attached hydrogen (secondary N) is 2. The van der Waals surface area contributed by atoms with E-state index in [1.54, 1.807) is 11.3 Å². The fourth-order valence-electron chi connectivity index (χ4n) is 2.90. The maximum absolute atomic E-state index is 6.02. The van der Waals surface area contributed by atoms with Crippen LogP contribution < -0.4 is 10.6 Å². The van der Waals surface area contributed by atoms with Crippen LogP contribution in [-0.2, 0) is 11.3 Å². The van der Waals surface area contributed by atoms with Crippen molar-refractivity contribution in [2.45, 2.75) is 64.0 Å². The maximum Gasteiger partial charge on any atom is 0.191 e. The van der Waals surface area contributed by atoms with Gasteiger partial charge in [-0.1, -0.05) is 31.7 Å². The second-order valence-corrected chi connectivity index (χ2v) is 7.16. The molecule has 23 heavy (non-hydrogen) atoms. The molecule has 0 spiro atoms. The Morgan fingerprint density at radius 1 is 1.22 bits per heavy atom. The number of unbranched alkanes of at least 4 members (excludes halogenated alkanes) is 1. The maximum atomic E-state index is 6.02. The van der Waals surface area contributed by atoms with Gasteiger partial charge in [0.2, 0.25) is 0 Å². The van der Waals surface area contributed by atoms with Crippen LogP contribution in [0.15, 0.2) is 22.5 Å². The molecule has 2 N–H and O–H groups in total. The predicted octanol–water partition coefficient (Wildman–Crippen LogP) is 3.93. The van der Waals surface area contributed by atoms with E-state index in [9.17, 15) is 0 Å². The Morgan fingerprint density at radius 2 is 2.04 bits per heavy atom. The summed E-state index contributed by atoms with van der Waals surface area (Å²) in [5.74, 6) is 0.878. The van der Waals surface area contributed by atoms with Crippen LogP contribution in [0, 0.1) is 0 Å². The summed E-state index contributed by atoms with van der Waals surface area (Å²) >= 11 is 1.76. The molecule has 0 amide bonds. The van der Waals surface area contributed by atoms with E-state index < -0.39 is 0 Å². The van der Waals surface area contributed by atoms with Gasteiger partial charge in [-0.25, -0.2) is 0 Å². The summed E-state index contributed by atoms with van der Waals surface area (Å²) in [7, 11) is 1.82. The normalized spacial score (nSPS) is 17.0. The van der Waals surface area contributed by atoms with Gasteiger partial charge in [0, 0.05) is 25.1 Å². The molecule has 0 bridgehead atoms. The molecule has 2 rings (SSSR count). The molecule has 0 saturated heterocycles. The first-order valence-electron chi connectivity index (χ1n) is 8.97. The molecule has 0 radical (unpaired) electrons. The summed E-state index contributed by atoms with van der Waals surface area (Å²) < 4.78 is 6.02. The van der Waals surface area contributed by atoms with Crippen molar-refractivity contribution in [1.29, 1.82) is 0 Å². The predicted molar refractivity (Wildman–Crippen MR) is 99.2 cm³/mol. The quantitative estimate of drug-likeness (QED) is 0.327. The molecular weight excluding hydrogens is 306 g/mol. The highest BCUT2D eigenvalue weighted by Crippen LogP contribution is 2.19. The molecule has 0 aliphatic heterocycles. The lowest BCUT2D eigenvalue weighted by Crippen LogP contribution is -2.37.